The molecule has 1 saturated carbocycles. The fourth-order valence-corrected chi connectivity index (χ4v) is 2.47. The standard InChI is InChI=1S/C14H18O/c1-14(12-6-3-2-4-7-12)10-5-8-13(15)9-11-14/h2-4,6-7H,5,8-11H2,1H3. The second kappa shape index (κ2) is 4.18. The van der Waals surface area contributed by atoms with E-state index in [1.165, 1.54) is 5.56 Å². The maximum Gasteiger partial charge on any atom is 0.132 e. The third kappa shape index (κ3) is 2.28. The topological polar surface area (TPSA) is 17.1 Å². The summed E-state index contributed by atoms with van der Waals surface area (Å²) >= 11 is 0. The first kappa shape index (κ1) is 10.4. The Morgan fingerprint density at radius 3 is 2.53 bits per heavy atom. The molecule has 80 valence electrons. The second-order valence-corrected chi connectivity index (χ2v) is 4.82. The molecule has 1 aromatic carbocycles. The van der Waals surface area contributed by atoms with Gasteiger partial charge in [0.05, 0.1) is 0 Å². The predicted molar refractivity (Wildman–Crippen MR) is 61.9 cm³/mol. The van der Waals surface area contributed by atoms with Gasteiger partial charge in [-0.05, 0) is 30.2 Å². The summed E-state index contributed by atoms with van der Waals surface area (Å²) in [6.07, 6.45) is 4.73. The molecule has 0 radical (unpaired) electrons. The van der Waals surface area contributed by atoms with E-state index in [1.807, 2.05) is 0 Å². The van der Waals surface area contributed by atoms with Gasteiger partial charge < -0.3 is 0 Å². The molecule has 1 unspecified atom stereocenters. The van der Waals surface area contributed by atoms with Gasteiger partial charge in [-0.15, -0.1) is 0 Å². The van der Waals surface area contributed by atoms with Crippen LogP contribution in [0.5, 0.6) is 0 Å². The highest BCUT2D eigenvalue weighted by atomic mass is 16.1. The highest BCUT2D eigenvalue weighted by Gasteiger charge is 2.29. The average molecular weight is 202 g/mol. The summed E-state index contributed by atoms with van der Waals surface area (Å²) in [5.41, 5.74) is 1.60. The molecule has 2 rings (SSSR count). The molecule has 1 aromatic rings. The molecule has 1 atom stereocenters. The molecule has 0 heterocycles. The average Bonchev–Trinajstić information content (AvgIpc) is 2.44. The summed E-state index contributed by atoms with van der Waals surface area (Å²) in [6, 6.07) is 10.6. The zero-order chi connectivity index (χ0) is 10.7. The van der Waals surface area contributed by atoms with Crippen molar-refractivity contribution >= 4 is 5.78 Å². The van der Waals surface area contributed by atoms with Crippen LogP contribution in [-0.2, 0) is 10.2 Å². The molecule has 1 heteroatoms. The van der Waals surface area contributed by atoms with Gasteiger partial charge in [0.1, 0.15) is 5.78 Å². The predicted octanol–water partition coefficient (Wildman–Crippen LogP) is 3.48. The minimum absolute atomic E-state index is 0.216. The molecule has 0 amide bonds. The first-order valence-electron chi connectivity index (χ1n) is 5.78. The molecule has 1 fully saturated rings. The van der Waals surface area contributed by atoms with Gasteiger partial charge in [0, 0.05) is 12.8 Å². The number of Topliss-reactive ketones (excluding diaryl/α,β-unsaturated/α-hetero) is 1. The van der Waals surface area contributed by atoms with Crippen molar-refractivity contribution in [2.24, 2.45) is 0 Å². The molecule has 0 N–H and O–H groups in total. The summed E-state index contributed by atoms with van der Waals surface area (Å²) in [5, 5.41) is 0. The van der Waals surface area contributed by atoms with Gasteiger partial charge >= 0.3 is 0 Å². The molecular formula is C14H18O. The van der Waals surface area contributed by atoms with Crippen molar-refractivity contribution in [3.63, 3.8) is 0 Å². The van der Waals surface area contributed by atoms with E-state index in [0.29, 0.717) is 5.78 Å². The lowest BCUT2D eigenvalue weighted by molar-refractivity contribution is -0.118. The van der Waals surface area contributed by atoms with Crippen LogP contribution in [0.2, 0.25) is 0 Å². The van der Waals surface area contributed by atoms with Crippen molar-refractivity contribution in [3.05, 3.63) is 35.9 Å². The van der Waals surface area contributed by atoms with Gasteiger partial charge in [0.2, 0.25) is 0 Å². The number of benzene rings is 1. The summed E-state index contributed by atoms with van der Waals surface area (Å²) < 4.78 is 0. The van der Waals surface area contributed by atoms with Gasteiger partial charge in [0.15, 0.2) is 0 Å². The normalized spacial score (nSPS) is 27.4. The van der Waals surface area contributed by atoms with Gasteiger partial charge in [-0.3, -0.25) is 4.79 Å². The zero-order valence-corrected chi connectivity index (χ0v) is 9.33. The largest absolute Gasteiger partial charge is 0.300 e. The van der Waals surface area contributed by atoms with E-state index in [4.69, 9.17) is 0 Å². The van der Waals surface area contributed by atoms with Crippen molar-refractivity contribution < 1.29 is 4.79 Å². The Labute approximate surface area is 91.5 Å². The van der Waals surface area contributed by atoms with E-state index in [9.17, 15) is 4.79 Å². The molecule has 0 spiro atoms. The Kier molecular flexibility index (Phi) is 2.90. The van der Waals surface area contributed by atoms with E-state index in [-0.39, 0.29) is 5.41 Å². The maximum atomic E-state index is 11.4. The monoisotopic (exact) mass is 202 g/mol. The van der Waals surface area contributed by atoms with Crippen LogP contribution in [0, 0.1) is 0 Å². The van der Waals surface area contributed by atoms with E-state index < -0.39 is 0 Å². The van der Waals surface area contributed by atoms with E-state index >= 15 is 0 Å². The lowest BCUT2D eigenvalue weighted by Gasteiger charge is -2.28. The van der Waals surface area contributed by atoms with Crippen LogP contribution in [0.1, 0.15) is 44.6 Å². The number of rotatable bonds is 1. The van der Waals surface area contributed by atoms with Crippen LogP contribution in [-0.4, -0.2) is 5.78 Å². The smallest absolute Gasteiger partial charge is 0.132 e. The van der Waals surface area contributed by atoms with E-state index in [1.54, 1.807) is 0 Å². The lowest BCUT2D eigenvalue weighted by atomic mass is 9.76. The van der Waals surface area contributed by atoms with Crippen molar-refractivity contribution in [1.29, 1.82) is 0 Å². The number of carbonyl (C=O) groups is 1. The van der Waals surface area contributed by atoms with Crippen LogP contribution >= 0.6 is 0 Å². The fraction of sp³-hybridized carbons (Fsp3) is 0.500. The van der Waals surface area contributed by atoms with Crippen LogP contribution < -0.4 is 0 Å². The summed E-state index contributed by atoms with van der Waals surface area (Å²) in [4.78, 5) is 11.4. The summed E-state index contributed by atoms with van der Waals surface area (Å²) in [7, 11) is 0. The van der Waals surface area contributed by atoms with Crippen LogP contribution in [0.25, 0.3) is 0 Å². The Balaban J connectivity index is 2.22. The Bertz CT molecular complexity index is 342. The highest BCUT2D eigenvalue weighted by molar-refractivity contribution is 5.78. The van der Waals surface area contributed by atoms with Crippen molar-refractivity contribution in [3.8, 4) is 0 Å². The van der Waals surface area contributed by atoms with Gasteiger partial charge in [-0.25, -0.2) is 0 Å². The first-order chi connectivity index (χ1) is 7.21. The highest BCUT2D eigenvalue weighted by Crippen LogP contribution is 2.36. The third-order valence-corrected chi connectivity index (χ3v) is 3.61. The molecule has 0 aromatic heterocycles. The summed E-state index contributed by atoms with van der Waals surface area (Å²) in [6.45, 7) is 2.29. The van der Waals surface area contributed by atoms with Gasteiger partial charge in [-0.1, -0.05) is 37.3 Å². The van der Waals surface area contributed by atoms with E-state index in [0.717, 1.165) is 32.1 Å². The Morgan fingerprint density at radius 2 is 1.80 bits per heavy atom. The molecule has 1 aliphatic rings. The van der Waals surface area contributed by atoms with Crippen molar-refractivity contribution in [2.75, 3.05) is 0 Å². The van der Waals surface area contributed by atoms with Gasteiger partial charge in [-0.2, -0.15) is 0 Å². The molecule has 0 bridgehead atoms. The number of hydrogen-bond donors (Lipinski definition) is 0. The van der Waals surface area contributed by atoms with Crippen molar-refractivity contribution in [2.45, 2.75) is 44.4 Å². The lowest BCUT2D eigenvalue weighted by Crippen LogP contribution is -2.20. The summed E-state index contributed by atoms with van der Waals surface area (Å²) in [5.74, 6) is 0.439. The molecule has 0 aliphatic heterocycles. The molecule has 1 aliphatic carbocycles. The Hall–Kier alpha value is -1.11. The molecule has 1 nitrogen and oxygen atoms in total. The number of ketones is 1. The van der Waals surface area contributed by atoms with Crippen LogP contribution in [0.4, 0.5) is 0 Å². The molecular weight excluding hydrogens is 184 g/mol. The first-order valence-corrected chi connectivity index (χ1v) is 5.78. The van der Waals surface area contributed by atoms with Crippen LogP contribution in [0.15, 0.2) is 30.3 Å². The third-order valence-electron chi connectivity index (χ3n) is 3.61. The maximum absolute atomic E-state index is 11.4. The quantitative estimate of drug-likeness (QED) is 0.637. The molecule has 0 saturated heterocycles. The van der Waals surface area contributed by atoms with Gasteiger partial charge in [0.25, 0.3) is 0 Å². The van der Waals surface area contributed by atoms with Crippen molar-refractivity contribution in [1.82, 2.24) is 0 Å². The minimum Gasteiger partial charge on any atom is -0.300 e. The number of carbonyl (C=O) groups excluding carboxylic acids is 1. The Morgan fingerprint density at radius 1 is 1.07 bits per heavy atom. The number of hydrogen-bond acceptors (Lipinski definition) is 1. The minimum atomic E-state index is 0.216. The zero-order valence-electron chi connectivity index (χ0n) is 9.33. The SMILES string of the molecule is CC1(c2ccccc2)CCCC(=O)CC1. The fourth-order valence-electron chi connectivity index (χ4n) is 2.47. The molecule has 15 heavy (non-hydrogen) atoms. The van der Waals surface area contributed by atoms with E-state index in [2.05, 4.69) is 37.3 Å². The van der Waals surface area contributed by atoms with Crippen LogP contribution in [0.3, 0.4) is 0 Å². The second-order valence-electron chi connectivity index (χ2n) is 4.82.